The van der Waals surface area contributed by atoms with Crippen LogP contribution in [0, 0.1) is 12.7 Å². The highest BCUT2D eigenvalue weighted by atomic mass is 19.1. The summed E-state index contributed by atoms with van der Waals surface area (Å²) >= 11 is 0. The largest absolute Gasteiger partial charge is 0.497 e. The minimum absolute atomic E-state index is 0.160. The van der Waals surface area contributed by atoms with Crippen molar-refractivity contribution in [2.75, 3.05) is 23.9 Å². The number of amides is 2. The van der Waals surface area contributed by atoms with E-state index in [0.29, 0.717) is 35.6 Å². The zero-order valence-corrected chi connectivity index (χ0v) is 17.0. The average molecular weight is 409 g/mol. The molecule has 0 fully saturated rings. The summed E-state index contributed by atoms with van der Waals surface area (Å²) in [6.07, 6.45) is 3.18. The second-order valence-electron chi connectivity index (χ2n) is 6.83. The van der Waals surface area contributed by atoms with Crippen molar-refractivity contribution in [3.05, 3.63) is 72.3 Å². The van der Waals surface area contributed by atoms with Crippen LogP contribution < -0.4 is 15.0 Å². The minimum atomic E-state index is -0.428. The summed E-state index contributed by atoms with van der Waals surface area (Å²) in [5, 5.41) is 2.81. The molecule has 0 atom stereocenters. The van der Waals surface area contributed by atoms with E-state index < -0.39 is 5.82 Å². The van der Waals surface area contributed by atoms with Gasteiger partial charge in [0.1, 0.15) is 11.6 Å². The van der Waals surface area contributed by atoms with Gasteiger partial charge in [-0.15, -0.1) is 0 Å². The first-order valence-electron chi connectivity index (χ1n) is 9.61. The van der Waals surface area contributed by atoms with Crippen molar-refractivity contribution in [3.63, 3.8) is 0 Å². The molecule has 0 aliphatic rings. The standard InChI is InChI=1S/C23H24FN3O3/c1-17-5-3-14-27(17)21-12-7-18(24)15-22(21)26(16-28)13-4-6-23(29)25-19-8-10-20(30-2)11-9-19/h3,5,7-12,14-16H,4,6,13H2,1-2H3,(H,25,29). The number of rotatable bonds is 9. The number of halogens is 1. The second-order valence-corrected chi connectivity index (χ2v) is 6.83. The van der Waals surface area contributed by atoms with Crippen LogP contribution in [-0.4, -0.2) is 30.5 Å². The number of aromatic nitrogens is 1. The Morgan fingerprint density at radius 2 is 1.97 bits per heavy atom. The zero-order chi connectivity index (χ0) is 21.5. The Kier molecular flexibility index (Phi) is 6.85. The maximum absolute atomic E-state index is 13.9. The Morgan fingerprint density at radius 3 is 2.60 bits per heavy atom. The van der Waals surface area contributed by atoms with Gasteiger partial charge < -0.3 is 19.5 Å². The molecule has 7 heteroatoms. The maximum Gasteiger partial charge on any atom is 0.224 e. The first-order chi connectivity index (χ1) is 14.5. The number of hydrogen-bond acceptors (Lipinski definition) is 3. The Bertz CT molecular complexity index is 1010. The molecule has 156 valence electrons. The third-order valence-corrected chi connectivity index (χ3v) is 4.76. The lowest BCUT2D eigenvalue weighted by molar-refractivity contribution is -0.116. The van der Waals surface area contributed by atoms with E-state index in [4.69, 9.17) is 4.74 Å². The van der Waals surface area contributed by atoms with Gasteiger partial charge in [-0.05, 0) is 67.9 Å². The minimum Gasteiger partial charge on any atom is -0.497 e. The Balaban J connectivity index is 1.64. The topological polar surface area (TPSA) is 63.6 Å². The molecule has 1 heterocycles. The van der Waals surface area contributed by atoms with Crippen molar-refractivity contribution < 1.29 is 18.7 Å². The Hall–Kier alpha value is -3.61. The lowest BCUT2D eigenvalue weighted by Gasteiger charge is -2.22. The van der Waals surface area contributed by atoms with Crippen LogP contribution in [0.25, 0.3) is 5.69 Å². The summed E-state index contributed by atoms with van der Waals surface area (Å²) in [6.45, 7) is 2.22. The number of carbonyl (C=O) groups is 2. The molecule has 2 aromatic carbocycles. The highest BCUT2D eigenvalue weighted by Crippen LogP contribution is 2.27. The number of nitrogens with one attached hydrogen (secondary N) is 1. The number of benzene rings is 2. The molecule has 6 nitrogen and oxygen atoms in total. The van der Waals surface area contributed by atoms with Crippen molar-refractivity contribution in [3.8, 4) is 11.4 Å². The quantitative estimate of drug-likeness (QED) is 0.536. The molecule has 0 saturated heterocycles. The van der Waals surface area contributed by atoms with E-state index in [2.05, 4.69) is 5.32 Å². The fourth-order valence-corrected chi connectivity index (χ4v) is 3.20. The smallest absolute Gasteiger partial charge is 0.224 e. The van der Waals surface area contributed by atoms with Gasteiger partial charge >= 0.3 is 0 Å². The molecular formula is C23H24FN3O3. The molecule has 0 aliphatic carbocycles. The van der Waals surface area contributed by atoms with Crippen molar-refractivity contribution in [2.45, 2.75) is 19.8 Å². The van der Waals surface area contributed by atoms with E-state index in [1.165, 1.54) is 17.0 Å². The molecule has 3 rings (SSSR count). The van der Waals surface area contributed by atoms with Crippen molar-refractivity contribution >= 4 is 23.7 Å². The second kappa shape index (κ2) is 9.73. The fraction of sp³-hybridized carbons (Fsp3) is 0.217. The van der Waals surface area contributed by atoms with E-state index in [0.717, 1.165) is 5.69 Å². The van der Waals surface area contributed by atoms with Gasteiger partial charge in [0.15, 0.2) is 0 Å². The highest BCUT2D eigenvalue weighted by Gasteiger charge is 2.15. The van der Waals surface area contributed by atoms with Crippen molar-refractivity contribution in [2.24, 2.45) is 0 Å². The lowest BCUT2D eigenvalue weighted by Crippen LogP contribution is -2.25. The summed E-state index contributed by atoms with van der Waals surface area (Å²) in [5.74, 6) is 0.118. The van der Waals surface area contributed by atoms with Gasteiger partial charge in [0.25, 0.3) is 0 Å². The summed E-state index contributed by atoms with van der Waals surface area (Å²) in [6, 6.07) is 15.2. The summed E-state index contributed by atoms with van der Waals surface area (Å²) in [7, 11) is 1.58. The molecule has 30 heavy (non-hydrogen) atoms. The number of anilines is 2. The predicted molar refractivity (Wildman–Crippen MR) is 115 cm³/mol. The predicted octanol–water partition coefficient (Wildman–Crippen LogP) is 4.32. The molecule has 0 aliphatic heterocycles. The van der Waals surface area contributed by atoms with Crippen LogP contribution in [0.2, 0.25) is 0 Å². The van der Waals surface area contributed by atoms with E-state index in [-0.39, 0.29) is 18.9 Å². The maximum atomic E-state index is 13.9. The molecule has 1 N–H and O–H groups in total. The van der Waals surface area contributed by atoms with Crippen LogP contribution in [0.1, 0.15) is 18.5 Å². The van der Waals surface area contributed by atoms with Crippen LogP contribution in [-0.2, 0) is 9.59 Å². The van der Waals surface area contributed by atoms with Gasteiger partial charge in [0, 0.05) is 30.5 Å². The van der Waals surface area contributed by atoms with E-state index in [1.54, 1.807) is 37.4 Å². The first-order valence-corrected chi connectivity index (χ1v) is 9.61. The Labute approximate surface area is 174 Å². The van der Waals surface area contributed by atoms with Crippen LogP contribution in [0.15, 0.2) is 60.8 Å². The molecule has 0 unspecified atom stereocenters. The molecule has 1 aromatic heterocycles. The molecule has 0 radical (unpaired) electrons. The van der Waals surface area contributed by atoms with Gasteiger partial charge in [0.2, 0.25) is 12.3 Å². The highest BCUT2D eigenvalue weighted by molar-refractivity contribution is 5.90. The number of methoxy groups -OCH3 is 1. The molecular weight excluding hydrogens is 385 g/mol. The number of aryl methyl sites for hydroxylation is 1. The lowest BCUT2D eigenvalue weighted by atomic mass is 10.2. The Morgan fingerprint density at radius 1 is 1.20 bits per heavy atom. The number of ether oxygens (including phenoxy) is 1. The van der Waals surface area contributed by atoms with E-state index >= 15 is 0 Å². The number of carbonyl (C=O) groups excluding carboxylic acids is 2. The van der Waals surface area contributed by atoms with E-state index in [1.807, 2.05) is 29.8 Å². The number of hydrogen-bond donors (Lipinski definition) is 1. The molecule has 0 saturated carbocycles. The third-order valence-electron chi connectivity index (χ3n) is 4.76. The summed E-state index contributed by atoms with van der Waals surface area (Å²) in [4.78, 5) is 25.4. The van der Waals surface area contributed by atoms with Gasteiger partial charge in [-0.25, -0.2) is 4.39 Å². The third kappa shape index (κ3) is 5.05. The molecule has 0 bridgehead atoms. The van der Waals surface area contributed by atoms with Gasteiger partial charge in [-0.1, -0.05) is 0 Å². The molecule has 3 aromatic rings. The van der Waals surface area contributed by atoms with Gasteiger partial charge in [-0.2, -0.15) is 0 Å². The first kappa shape index (κ1) is 21.1. The van der Waals surface area contributed by atoms with Gasteiger partial charge in [-0.3, -0.25) is 9.59 Å². The normalized spacial score (nSPS) is 10.5. The monoisotopic (exact) mass is 409 g/mol. The van der Waals surface area contributed by atoms with Crippen molar-refractivity contribution in [1.82, 2.24) is 4.57 Å². The van der Waals surface area contributed by atoms with E-state index in [9.17, 15) is 14.0 Å². The van der Waals surface area contributed by atoms with Crippen LogP contribution >= 0.6 is 0 Å². The van der Waals surface area contributed by atoms with Crippen LogP contribution in [0.4, 0.5) is 15.8 Å². The van der Waals surface area contributed by atoms with Crippen LogP contribution in [0.5, 0.6) is 5.75 Å². The van der Waals surface area contributed by atoms with Crippen LogP contribution in [0.3, 0.4) is 0 Å². The molecule has 2 amide bonds. The SMILES string of the molecule is COc1ccc(NC(=O)CCCN(C=O)c2cc(F)ccc2-n2cccc2C)cc1. The number of nitrogens with zero attached hydrogens (tertiary/aromatic N) is 2. The summed E-state index contributed by atoms with van der Waals surface area (Å²) in [5.41, 5.74) is 2.80. The molecule has 0 spiro atoms. The fourth-order valence-electron chi connectivity index (χ4n) is 3.20. The zero-order valence-electron chi connectivity index (χ0n) is 17.0. The average Bonchev–Trinajstić information content (AvgIpc) is 3.17. The summed E-state index contributed by atoms with van der Waals surface area (Å²) < 4.78 is 20.9. The van der Waals surface area contributed by atoms with Crippen molar-refractivity contribution in [1.29, 1.82) is 0 Å². The van der Waals surface area contributed by atoms with Gasteiger partial charge in [0.05, 0.1) is 18.5 Å².